The second-order valence-electron chi connectivity index (χ2n) is 5.14. The van der Waals surface area contributed by atoms with Gasteiger partial charge < -0.3 is 10.1 Å². The smallest absolute Gasteiger partial charge is 0.331 e. The number of nitrogens with zero attached hydrogens (tertiary/aromatic N) is 1. The van der Waals surface area contributed by atoms with E-state index in [1.54, 1.807) is 24.3 Å². The number of hydrogen-bond donors (Lipinski definition) is 1. The van der Waals surface area contributed by atoms with Gasteiger partial charge in [0.15, 0.2) is 6.10 Å². The Labute approximate surface area is 144 Å². The van der Waals surface area contributed by atoms with E-state index in [1.807, 2.05) is 6.07 Å². The van der Waals surface area contributed by atoms with Crippen molar-refractivity contribution in [1.29, 1.82) is 5.26 Å². The molecule has 0 aliphatic heterocycles. The van der Waals surface area contributed by atoms with E-state index in [1.165, 1.54) is 43.3 Å². The normalized spacial score (nSPS) is 11.6. The van der Waals surface area contributed by atoms with Crippen molar-refractivity contribution >= 4 is 23.6 Å². The predicted molar refractivity (Wildman–Crippen MR) is 90.8 cm³/mol. The molecule has 0 saturated heterocycles. The van der Waals surface area contributed by atoms with E-state index in [0.717, 1.165) is 5.56 Å². The van der Waals surface area contributed by atoms with Gasteiger partial charge in [-0.25, -0.2) is 9.18 Å². The molecule has 2 aromatic rings. The summed E-state index contributed by atoms with van der Waals surface area (Å²) in [6.07, 6.45) is 1.71. The van der Waals surface area contributed by atoms with Crippen LogP contribution >= 0.6 is 0 Å². The largest absolute Gasteiger partial charge is 0.449 e. The molecule has 0 aliphatic carbocycles. The van der Waals surface area contributed by atoms with Gasteiger partial charge in [-0.1, -0.05) is 12.1 Å². The summed E-state index contributed by atoms with van der Waals surface area (Å²) in [7, 11) is 0. The molecule has 1 atom stereocenters. The van der Waals surface area contributed by atoms with Gasteiger partial charge in [0.2, 0.25) is 0 Å². The highest BCUT2D eigenvalue weighted by atomic mass is 19.1. The fourth-order valence-electron chi connectivity index (χ4n) is 1.88. The van der Waals surface area contributed by atoms with Crippen LogP contribution in [0.15, 0.2) is 54.6 Å². The van der Waals surface area contributed by atoms with Crippen LogP contribution in [0.2, 0.25) is 0 Å². The highest BCUT2D eigenvalue weighted by Gasteiger charge is 2.16. The van der Waals surface area contributed by atoms with Crippen LogP contribution in [0.4, 0.5) is 10.1 Å². The number of halogens is 1. The molecule has 1 N–H and O–H groups in total. The van der Waals surface area contributed by atoms with E-state index in [0.29, 0.717) is 11.3 Å². The molecule has 0 heterocycles. The van der Waals surface area contributed by atoms with E-state index >= 15 is 0 Å². The van der Waals surface area contributed by atoms with E-state index < -0.39 is 23.8 Å². The molecule has 1 amide bonds. The maximum Gasteiger partial charge on any atom is 0.331 e. The molecule has 6 heteroatoms. The fourth-order valence-corrected chi connectivity index (χ4v) is 1.88. The lowest BCUT2D eigenvalue weighted by atomic mass is 10.1. The van der Waals surface area contributed by atoms with E-state index in [2.05, 4.69) is 5.32 Å². The first-order chi connectivity index (χ1) is 12.0. The Morgan fingerprint density at radius 3 is 2.40 bits per heavy atom. The third kappa shape index (κ3) is 5.59. The number of carbonyl (C=O) groups is 2. The maximum absolute atomic E-state index is 12.8. The highest BCUT2D eigenvalue weighted by Crippen LogP contribution is 2.10. The number of ether oxygens (including phenoxy) is 1. The topological polar surface area (TPSA) is 79.2 Å². The average molecular weight is 338 g/mol. The van der Waals surface area contributed by atoms with Crippen LogP contribution in [0, 0.1) is 17.1 Å². The van der Waals surface area contributed by atoms with E-state index in [4.69, 9.17) is 10.00 Å². The first kappa shape index (κ1) is 17.9. The minimum Gasteiger partial charge on any atom is -0.449 e. The maximum atomic E-state index is 12.8. The van der Waals surface area contributed by atoms with Crippen molar-refractivity contribution in [3.05, 3.63) is 71.6 Å². The third-order valence-corrected chi connectivity index (χ3v) is 3.23. The van der Waals surface area contributed by atoms with Crippen LogP contribution in [0.25, 0.3) is 6.08 Å². The van der Waals surface area contributed by atoms with Gasteiger partial charge in [0.05, 0.1) is 11.6 Å². The van der Waals surface area contributed by atoms with Crippen molar-refractivity contribution in [2.45, 2.75) is 13.0 Å². The monoisotopic (exact) mass is 338 g/mol. The Morgan fingerprint density at radius 2 is 1.80 bits per heavy atom. The Morgan fingerprint density at radius 1 is 1.16 bits per heavy atom. The van der Waals surface area contributed by atoms with Crippen LogP contribution in [0.5, 0.6) is 0 Å². The van der Waals surface area contributed by atoms with Crippen molar-refractivity contribution in [1.82, 2.24) is 0 Å². The van der Waals surface area contributed by atoms with E-state index in [9.17, 15) is 14.0 Å². The number of nitrogens with one attached hydrogen (secondary N) is 1. The number of hydrogen-bond acceptors (Lipinski definition) is 4. The summed E-state index contributed by atoms with van der Waals surface area (Å²) in [6, 6.07) is 13.9. The van der Waals surface area contributed by atoms with Crippen LogP contribution in [0.1, 0.15) is 18.1 Å². The third-order valence-electron chi connectivity index (χ3n) is 3.23. The lowest BCUT2D eigenvalue weighted by Gasteiger charge is -2.12. The number of carbonyl (C=O) groups excluding carboxylic acids is 2. The zero-order valence-electron chi connectivity index (χ0n) is 13.4. The van der Waals surface area contributed by atoms with Gasteiger partial charge >= 0.3 is 5.97 Å². The minimum absolute atomic E-state index is 0.405. The molecule has 0 bridgehead atoms. The summed E-state index contributed by atoms with van der Waals surface area (Å²) in [5, 5.41) is 11.2. The Balaban J connectivity index is 1.87. The average Bonchev–Trinajstić information content (AvgIpc) is 2.62. The SMILES string of the molecule is C[C@H](OC(=O)/C=C/c1ccc(C#N)cc1)C(=O)Nc1ccc(F)cc1. The zero-order valence-corrected chi connectivity index (χ0v) is 13.4. The summed E-state index contributed by atoms with van der Waals surface area (Å²) in [5.74, 6) is -1.61. The zero-order chi connectivity index (χ0) is 18.2. The highest BCUT2D eigenvalue weighted by molar-refractivity contribution is 5.96. The first-order valence-corrected chi connectivity index (χ1v) is 7.43. The van der Waals surface area contributed by atoms with Crippen LogP contribution in [0.3, 0.4) is 0 Å². The first-order valence-electron chi connectivity index (χ1n) is 7.43. The minimum atomic E-state index is -1.01. The van der Waals surface area contributed by atoms with Gasteiger partial charge in [-0.05, 0) is 55.0 Å². The summed E-state index contributed by atoms with van der Waals surface area (Å²) in [4.78, 5) is 23.7. The Bertz CT molecular complexity index is 821. The fraction of sp³-hybridized carbons (Fsp3) is 0.105. The van der Waals surface area contributed by atoms with Gasteiger partial charge in [-0.3, -0.25) is 4.79 Å². The molecule has 0 aliphatic rings. The van der Waals surface area contributed by atoms with Crippen LogP contribution in [-0.2, 0) is 14.3 Å². The number of esters is 1. The molecular weight excluding hydrogens is 323 g/mol. The lowest BCUT2D eigenvalue weighted by Crippen LogP contribution is -2.29. The van der Waals surface area contributed by atoms with Gasteiger partial charge in [0.25, 0.3) is 5.91 Å². The molecule has 2 rings (SSSR count). The van der Waals surface area contributed by atoms with Gasteiger partial charge in [0, 0.05) is 11.8 Å². The molecule has 126 valence electrons. The van der Waals surface area contributed by atoms with Gasteiger partial charge in [-0.15, -0.1) is 0 Å². The van der Waals surface area contributed by atoms with Crippen molar-refractivity contribution in [2.75, 3.05) is 5.32 Å². The number of amides is 1. The molecule has 0 radical (unpaired) electrons. The van der Waals surface area contributed by atoms with E-state index in [-0.39, 0.29) is 0 Å². The standard InChI is InChI=1S/C19H15FN2O3/c1-13(19(24)22-17-9-7-16(20)8-10-17)25-18(23)11-6-14-2-4-15(12-21)5-3-14/h2-11,13H,1H3,(H,22,24)/b11-6+/t13-/m0/s1. The van der Waals surface area contributed by atoms with Crippen LogP contribution < -0.4 is 5.32 Å². The summed E-state index contributed by atoms with van der Waals surface area (Å²) >= 11 is 0. The molecule has 0 aromatic heterocycles. The molecular formula is C19H15FN2O3. The second kappa shape index (κ2) is 8.41. The summed E-state index contributed by atoms with van der Waals surface area (Å²) in [6.45, 7) is 1.44. The van der Waals surface area contributed by atoms with Crippen molar-refractivity contribution < 1.29 is 18.7 Å². The van der Waals surface area contributed by atoms with Gasteiger partial charge in [-0.2, -0.15) is 5.26 Å². The summed E-state index contributed by atoms with van der Waals surface area (Å²) < 4.78 is 17.8. The number of nitriles is 1. The number of anilines is 1. The molecule has 0 unspecified atom stereocenters. The van der Waals surface area contributed by atoms with Crippen LogP contribution in [-0.4, -0.2) is 18.0 Å². The van der Waals surface area contributed by atoms with Crippen molar-refractivity contribution in [3.63, 3.8) is 0 Å². The molecule has 25 heavy (non-hydrogen) atoms. The van der Waals surface area contributed by atoms with Gasteiger partial charge in [0.1, 0.15) is 5.82 Å². The second-order valence-corrected chi connectivity index (χ2v) is 5.14. The molecule has 0 spiro atoms. The number of rotatable bonds is 5. The Hall–Kier alpha value is -3.46. The molecule has 0 fully saturated rings. The molecule has 2 aromatic carbocycles. The van der Waals surface area contributed by atoms with Crippen molar-refractivity contribution in [2.24, 2.45) is 0 Å². The Kier molecular flexibility index (Phi) is 6.02. The number of benzene rings is 2. The van der Waals surface area contributed by atoms with Crippen molar-refractivity contribution in [3.8, 4) is 6.07 Å². The molecule has 5 nitrogen and oxygen atoms in total. The quantitative estimate of drug-likeness (QED) is 0.670. The lowest BCUT2D eigenvalue weighted by molar-refractivity contribution is -0.148. The summed E-state index contributed by atoms with van der Waals surface area (Å²) in [5.41, 5.74) is 1.65. The molecule has 0 saturated carbocycles. The predicted octanol–water partition coefficient (Wildman–Crippen LogP) is 3.28.